The fourth-order valence-corrected chi connectivity index (χ4v) is 2.35. The Bertz CT molecular complexity index is 810. The van der Waals surface area contributed by atoms with Crippen LogP contribution < -0.4 is 0 Å². The quantitative estimate of drug-likeness (QED) is 0.795. The van der Waals surface area contributed by atoms with Gasteiger partial charge in [0.05, 0.1) is 11.3 Å². The Kier molecular flexibility index (Phi) is 3.35. The number of aromatic nitrogens is 4. The first-order valence-corrected chi connectivity index (χ1v) is 6.74. The van der Waals surface area contributed by atoms with E-state index in [2.05, 4.69) is 15.5 Å². The number of tetrazole rings is 1. The van der Waals surface area contributed by atoms with Crippen molar-refractivity contribution in [3.8, 4) is 5.69 Å². The summed E-state index contributed by atoms with van der Waals surface area (Å²) in [6.45, 7) is 2.03. The van der Waals surface area contributed by atoms with Crippen molar-refractivity contribution in [2.75, 3.05) is 0 Å². The molecule has 0 aliphatic carbocycles. The highest BCUT2D eigenvalue weighted by atomic mass is 16.4. The first kappa shape index (κ1) is 13.2. The molecule has 6 heteroatoms. The molecule has 0 saturated heterocycles. The number of carboxylic acids is 1. The predicted octanol–water partition coefficient (Wildman–Crippen LogP) is 2.47. The standard InChI is InChI=1S/C15H14N4O2/c1-2-5-14-16-17-18-19(14)13-9-11-7-4-3-6-10(11)8-12(13)15(20)21/h3-4,6-9H,2,5H2,1H3,(H,20,21). The Morgan fingerprint density at radius 3 is 2.62 bits per heavy atom. The van der Waals surface area contributed by atoms with Crippen molar-refractivity contribution in [2.24, 2.45) is 0 Å². The Morgan fingerprint density at radius 2 is 1.95 bits per heavy atom. The summed E-state index contributed by atoms with van der Waals surface area (Å²) < 4.78 is 1.51. The first-order chi connectivity index (χ1) is 10.2. The Hall–Kier alpha value is -2.76. The summed E-state index contributed by atoms with van der Waals surface area (Å²) >= 11 is 0. The number of hydrogen-bond donors (Lipinski definition) is 1. The molecule has 106 valence electrons. The fourth-order valence-electron chi connectivity index (χ4n) is 2.35. The number of carbonyl (C=O) groups is 1. The van der Waals surface area contributed by atoms with Gasteiger partial charge in [0.1, 0.15) is 0 Å². The molecule has 3 rings (SSSR count). The minimum Gasteiger partial charge on any atom is -0.478 e. The Balaban J connectivity index is 2.26. The number of carboxylic acid groups (broad SMARTS) is 1. The minimum absolute atomic E-state index is 0.193. The zero-order valence-electron chi connectivity index (χ0n) is 11.5. The van der Waals surface area contributed by atoms with Gasteiger partial charge >= 0.3 is 5.97 Å². The number of fused-ring (bicyclic) bond motifs is 1. The van der Waals surface area contributed by atoms with E-state index in [4.69, 9.17) is 0 Å². The van der Waals surface area contributed by atoms with Crippen LogP contribution >= 0.6 is 0 Å². The number of aromatic carboxylic acids is 1. The molecule has 1 N–H and O–H groups in total. The van der Waals surface area contributed by atoms with Gasteiger partial charge in [0.2, 0.25) is 0 Å². The van der Waals surface area contributed by atoms with Crippen LogP contribution in [0, 0.1) is 0 Å². The van der Waals surface area contributed by atoms with Crippen LogP contribution in [-0.4, -0.2) is 31.3 Å². The van der Waals surface area contributed by atoms with Crippen LogP contribution in [-0.2, 0) is 6.42 Å². The number of hydrogen-bond acceptors (Lipinski definition) is 4. The second-order valence-corrected chi connectivity index (χ2v) is 4.78. The van der Waals surface area contributed by atoms with E-state index in [9.17, 15) is 9.90 Å². The van der Waals surface area contributed by atoms with Gasteiger partial charge in [0.15, 0.2) is 5.82 Å². The lowest BCUT2D eigenvalue weighted by Gasteiger charge is -2.09. The van der Waals surface area contributed by atoms with Gasteiger partial charge in [0.25, 0.3) is 0 Å². The summed E-state index contributed by atoms with van der Waals surface area (Å²) in [5, 5.41) is 22.9. The van der Waals surface area contributed by atoms with E-state index in [-0.39, 0.29) is 5.56 Å². The predicted molar refractivity (Wildman–Crippen MR) is 77.6 cm³/mol. The van der Waals surface area contributed by atoms with Crippen LogP contribution in [0.1, 0.15) is 29.5 Å². The second-order valence-electron chi connectivity index (χ2n) is 4.78. The lowest BCUT2D eigenvalue weighted by Crippen LogP contribution is -2.10. The second kappa shape index (κ2) is 5.32. The van der Waals surface area contributed by atoms with Gasteiger partial charge < -0.3 is 5.11 Å². The van der Waals surface area contributed by atoms with Crippen molar-refractivity contribution in [3.05, 3.63) is 47.8 Å². The van der Waals surface area contributed by atoms with Crippen molar-refractivity contribution < 1.29 is 9.90 Å². The lowest BCUT2D eigenvalue weighted by atomic mass is 10.0. The third-order valence-electron chi connectivity index (χ3n) is 3.33. The molecule has 0 unspecified atom stereocenters. The summed E-state index contributed by atoms with van der Waals surface area (Å²) in [7, 11) is 0. The normalized spacial score (nSPS) is 10.9. The first-order valence-electron chi connectivity index (χ1n) is 6.74. The number of benzene rings is 2. The maximum Gasteiger partial charge on any atom is 0.337 e. The molecule has 0 atom stereocenters. The van der Waals surface area contributed by atoms with Crippen LogP contribution in [0.3, 0.4) is 0 Å². The fraction of sp³-hybridized carbons (Fsp3) is 0.200. The zero-order valence-corrected chi connectivity index (χ0v) is 11.5. The molecule has 0 aliphatic heterocycles. The van der Waals surface area contributed by atoms with Crippen LogP contribution in [0.25, 0.3) is 16.5 Å². The van der Waals surface area contributed by atoms with E-state index in [1.807, 2.05) is 37.3 Å². The molecule has 0 radical (unpaired) electrons. The third-order valence-corrected chi connectivity index (χ3v) is 3.33. The monoisotopic (exact) mass is 282 g/mol. The molecule has 0 bridgehead atoms. The van der Waals surface area contributed by atoms with E-state index in [1.54, 1.807) is 6.07 Å². The molecule has 6 nitrogen and oxygen atoms in total. The molecule has 1 heterocycles. The van der Waals surface area contributed by atoms with E-state index >= 15 is 0 Å². The molecule has 2 aromatic carbocycles. The van der Waals surface area contributed by atoms with Gasteiger partial charge in [-0.25, -0.2) is 4.79 Å². The molecule has 0 aliphatic rings. The number of aryl methyl sites for hydroxylation is 1. The van der Waals surface area contributed by atoms with Crippen molar-refractivity contribution in [1.82, 2.24) is 20.2 Å². The van der Waals surface area contributed by atoms with Gasteiger partial charge in [-0.2, -0.15) is 4.68 Å². The van der Waals surface area contributed by atoms with E-state index in [0.717, 1.165) is 17.2 Å². The maximum atomic E-state index is 11.5. The van der Waals surface area contributed by atoms with Crippen LogP contribution in [0.15, 0.2) is 36.4 Å². The van der Waals surface area contributed by atoms with Crippen molar-refractivity contribution in [2.45, 2.75) is 19.8 Å². The largest absolute Gasteiger partial charge is 0.478 e. The van der Waals surface area contributed by atoms with E-state index < -0.39 is 5.97 Å². The molecular formula is C15H14N4O2. The van der Waals surface area contributed by atoms with Crippen LogP contribution in [0.2, 0.25) is 0 Å². The summed E-state index contributed by atoms with van der Waals surface area (Å²) in [5.41, 5.74) is 0.688. The molecule has 0 fully saturated rings. The average molecular weight is 282 g/mol. The minimum atomic E-state index is -0.992. The molecule has 21 heavy (non-hydrogen) atoms. The zero-order chi connectivity index (χ0) is 14.8. The highest BCUT2D eigenvalue weighted by Gasteiger charge is 2.17. The SMILES string of the molecule is CCCc1nnnn1-c1cc2ccccc2cc1C(=O)O. The highest BCUT2D eigenvalue weighted by Crippen LogP contribution is 2.23. The topological polar surface area (TPSA) is 80.9 Å². The van der Waals surface area contributed by atoms with Crippen LogP contribution in [0.5, 0.6) is 0 Å². The summed E-state index contributed by atoms with van der Waals surface area (Å²) in [5.74, 6) is -0.330. The van der Waals surface area contributed by atoms with Crippen molar-refractivity contribution in [1.29, 1.82) is 0 Å². The summed E-state index contributed by atoms with van der Waals surface area (Å²) in [6.07, 6.45) is 1.58. The van der Waals surface area contributed by atoms with E-state index in [0.29, 0.717) is 17.9 Å². The summed E-state index contributed by atoms with van der Waals surface area (Å²) in [6, 6.07) is 11.1. The molecule has 1 aromatic heterocycles. The maximum absolute atomic E-state index is 11.5. The smallest absolute Gasteiger partial charge is 0.337 e. The highest BCUT2D eigenvalue weighted by molar-refractivity contribution is 5.98. The lowest BCUT2D eigenvalue weighted by molar-refractivity contribution is 0.0697. The van der Waals surface area contributed by atoms with Gasteiger partial charge in [-0.3, -0.25) is 0 Å². The van der Waals surface area contributed by atoms with Gasteiger partial charge in [-0.15, -0.1) is 5.10 Å². The van der Waals surface area contributed by atoms with E-state index in [1.165, 1.54) is 4.68 Å². The van der Waals surface area contributed by atoms with Crippen molar-refractivity contribution in [3.63, 3.8) is 0 Å². The summed E-state index contributed by atoms with van der Waals surface area (Å²) in [4.78, 5) is 11.5. The van der Waals surface area contributed by atoms with Gasteiger partial charge in [-0.05, 0) is 39.8 Å². The van der Waals surface area contributed by atoms with Gasteiger partial charge in [0, 0.05) is 6.42 Å². The number of nitrogens with zero attached hydrogens (tertiary/aromatic N) is 4. The Labute approximate surface area is 121 Å². The van der Waals surface area contributed by atoms with Crippen LogP contribution in [0.4, 0.5) is 0 Å². The van der Waals surface area contributed by atoms with Gasteiger partial charge in [-0.1, -0.05) is 31.2 Å². The third kappa shape index (κ3) is 2.35. The molecule has 0 spiro atoms. The molecule has 3 aromatic rings. The molecule has 0 amide bonds. The van der Waals surface area contributed by atoms with Crippen molar-refractivity contribution >= 4 is 16.7 Å². The average Bonchev–Trinajstić information content (AvgIpc) is 2.94. The Morgan fingerprint density at radius 1 is 1.24 bits per heavy atom. The molecular weight excluding hydrogens is 268 g/mol. The molecule has 0 saturated carbocycles. The number of rotatable bonds is 4.